The Morgan fingerprint density at radius 3 is 2.31 bits per heavy atom. The standard InChI is InChI=1S/C25H21N/c26-23-17-9-15-21-20-14-7-8-16-22(20)25(24(21)23,18-10-3-1-4-11-18)19-12-5-2-6-13-19/h1,3-5,7-17H,2,6,26H2. The SMILES string of the molecule is Nc1cccc2c1C(C1=CCCC=C1)(c1ccccc1)c1ccccc1-2. The third kappa shape index (κ3) is 1.91. The highest BCUT2D eigenvalue weighted by molar-refractivity contribution is 5.90. The molecule has 0 saturated carbocycles. The lowest BCUT2D eigenvalue weighted by atomic mass is 9.66. The van der Waals surface area contributed by atoms with Gasteiger partial charge in [0.2, 0.25) is 0 Å². The molecule has 2 aliphatic carbocycles. The maximum absolute atomic E-state index is 6.62. The second-order valence-corrected chi connectivity index (χ2v) is 7.07. The van der Waals surface area contributed by atoms with Crippen molar-refractivity contribution >= 4 is 5.69 Å². The number of anilines is 1. The minimum absolute atomic E-state index is 0.338. The van der Waals surface area contributed by atoms with Crippen molar-refractivity contribution in [3.05, 3.63) is 113 Å². The van der Waals surface area contributed by atoms with Crippen LogP contribution < -0.4 is 5.73 Å². The van der Waals surface area contributed by atoms with Crippen molar-refractivity contribution < 1.29 is 0 Å². The van der Waals surface area contributed by atoms with E-state index in [1.807, 2.05) is 6.07 Å². The zero-order valence-corrected chi connectivity index (χ0v) is 14.7. The van der Waals surface area contributed by atoms with Gasteiger partial charge >= 0.3 is 0 Å². The Balaban J connectivity index is 1.97. The Labute approximate surface area is 154 Å². The minimum atomic E-state index is -0.338. The molecule has 1 atom stereocenters. The third-order valence-electron chi connectivity index (χ3n) is 5.73. The van der Waals surface area contributed by atoms with Gasteiger partial charge in [0, 0.05) is 11.3 Å². The number of hydrogen-bond donors (Lipinski definition) is 1. The van der Waals surface area contributed by atoms with Gasteiger partial charge in [0.25, 0.3) is 0 Å². The summed E-state index contributed by atoms with van der Waals surface area (Å²) in [6.45, 7) is 0. The third-order valence-corrected chi connectivity index (χ3v) is 5.73. The molecule has 2 N–H and O–H groups in total. The van der Waals surface area contributed by atoms with Crippen LogP contribution in [0.2, 0.25) is 0 Å². The average Bonchev–Trinajstić information content (AvgIpc) is 3.02. The van der Waals surface area contributed by atoms with Crippen LogP contribution in [0.25, 0.3) is 11.1 Å². The topological polar surface area (TPSA) is 26.0 Å². The quantitative estimate of drug-likeness (QED) is 0.583. The number of nitrogens with two attached hydrogens (primary N) is 1. The van der Waals surface area contributed by atoms with E-state index < -0.39 is 0 Å². The Morgan fingerprint density at radius 1 is 0.731 bits per heavy atom. The molecule has 0 aromatic heterocycles. The lowest BCUT2D eigenvalue weighted by molar-refractivity contribution is 0.754. The first-order chi connectivity index (χ1) is 12.8. The van der Waals surface area contributed by atoms with Crippen LogP contribution in [0.15, 0.2) is 96.6 Å². The van der Waals surface area contributed by atoms with E-state index in [0.29, 0.717) is 0 Å². The zero-order chi connectivity index (χ0) is 17.6. The molecule has 2 aliphatic rings. The number of rotatable bonds is 2. The van der Waals surface area contributed by atoms with Gasteiger partial charge in [0.05, 0.1) is 5.41 Å². The molecule has 0 radical (unpaired) electrons. The lowest BCUT2D eigenvalue weighted by Gasteiger charge is -2.36. The highest BCUT2D eigenvalue weighted by Crippen LogP contribution is 2.58. The van der Waals surface area contributed by atoms with Crippen molar-refractivity contribution in [3.63, 3.8) is 0 Å². The van der Waals surface area contributed by atoms with E-state index in [1.165, 1.54) is 33.4 Å². The second-order valence-electron chi connectivity index (χ2n) is 7.07. The smallest absolute Gasteiger partial charge is 0.0730 e. The van der Waals surface area contributed by atoms with Crippen LogP contribution in [0.4, 0.5) is 5.69 Å². The van der Waals surface area contributed by atoms with Crippen molar-refractivity contribution in [3.8, 4) is 11.1 Å². The summed E-state index contributed by atoms with van der Waals surface area (Å²) in [5.41, 5.74) is 14.9. The van der Waals surface area contributed by atoms with Gasteiger partial charge in [0.1, 0.15) is 0 Å². The fraction of sp³-hybridized carbons (Fsp3) is 0.120. The van der Waals surface area contributed by atoms with E-state index in [0.717, 1.165) is 18.5 Å². The molecule has 0 heterocycles. The monoisotopic (exact) mass is 335 g/mol. The van der Waals surface area contributed by atoms with Crippen molar-refractivity contribution in [1.29, 1.82) is 0 Å². The normalized spacial score (nSPS) is 20.4. The van der Waals surface area contributed by atoms with Gasteiger partial charge in [-0.1, -0.05) is 85.0 Å². The number of allylic oxidation sites excluding steroid dienone is 4. The summed E-state index contributed by atoms with van der Waals surface area (Å²) in [6, 6.07) is 25.9. The van der Waals surface area contributed by atoms with Crippen LogP contribution in [-0.4, -0.2) is 0 Å². The molecule has 0 fully saturated rings. The van der Waals surface area contributed by atoms with Crippen molar-refractivity contribution in [2.45, 2.75) is 18.3 Å². The molecule has 1 unspecified atom stereocenters. The van der Waals surface area contributed by atoms with Gasteiger partial charge in [0.15, 0.2) is 0 Å². The second kappa shape index (κ2) is 5.74. The van der Waals surface area contributed by atoms with Crippen LogP contribution in [0.5, 0.6) is 0 Å². The number of hydrogen-bond acceptors (Lipinski definition) is 1. The fourth-order valence-electron chi connectivity index (χ4n) is 4.74. The van der Waals surface area contributed by atoms with Crippen LogP contribution >= 0.6 is 0 Å². The molecule has 126 valence electrons. The molecule has 0 amide bonds. The van der Waals surface area contributed by atoms with Crippen LogP contribution in [0, 0.1) is 0 Å². The summed E-state index contributed by atoms with van der Waals surface area (Å²) in [7, 11) is 0. The highest BCUT2D eigenvalue weighted by Gasteiger charge is 2.47. The van der Waals surface area contributed by atoms with E-state index in [9.17, 15) is 0 Å². The van der Waals surface area contributed by atoms with Crippen LogP contribution in [0.3, 0.4) is 0 Å². The van der Waals surface area contributed by atoms with Gasteiger partial charge in [-0.05, 0) is 46.7 Å². The number of fused-ring (bicyclic) bond motifs is 3. The maximum Gasteiger partial charge on any atom is 0.0730 e. The molecule has 3 aromatic rings. The minimum Gasteiger partial charge on any atom is -0.398 e. The Hall–Kier alpha value is -3.06. The van der Waals surface area contributed by atoms with E-state index in [2.05, 4.69) is 85.0 Å². The molecule has 26 heavy (non-hydrogen) atoms. The predicted octanol–water partition coefficient (Wildman–Crippen LogP) is 5.86. The zero-order valence-electron chi connectivity index (χ0n) is 14.7. The van der Waals surface area contributed by atoms with Gasteiger partial charge in [-0.15, -0.1) is 0 Å². The molecule has 0 bridgehead atoms. The van der Waals surface area contributed by atoms with Crippen LogP contribution in [0.1, 0.15) is 29.5 Å². The molecule has 0 saturated heterocycles. The largest absolute Gasteiger partial charge is 0.398 e. The van der Waals surface area contributed by atoms with Gasteiger partial charge < -0.3 is 5.73 Å². The van der Waals surface area contributed by atoms with Gasteiger partial charge in [-0.3, -0.25) is 0 Å². The summed E-state index contributed by atoms with van der Waals surface area (Å²) in [4.78, 5) is 0. The molecule has 5 rings (SSSR count). The highest BCUT2D eigenvalue weighted by atomic mass is 14.6. The fourth-order valence-corrected chi connectivity index (χ4v) is 4.74. The summed E-state index contributed by atoms with van der Waals surface area (Å²) >= 11 is 0. The molecular weight excluding hydrogens is 314 g/mol. The lowest BCUT2D eigenvalue weighted by Crippen LogP contribution is -2.30. The van der Waals surface area contributed by atoms with Gasteiger partial charge in [-0.2, -0.15) is 0 Å². The summed E-state index contributed by atoms with van der Waals surface area (Å²) < 4.78 is 0. The van der Waals surface area contributed by atoms with Gasteiger partial charge in [-0.25, -0.2) is 0 Å². The molecular formula is C25H21N. The Kier molecular flexibility index (Phi) is 3.36. The number of nitrogen functional groups attached to an aromatic ring is 1. The first-order valence-corrected chi connectivity index (χ1v) is 9.25. The van der Waals surface area contributed by atoms with E-state index in [-0.39, 0.29) is 5.41 Å². The van der Waals surface area contributed by atoms with Crippen molar-refractivity contribution in [1.82, 2.24) is 0 Å². The average molecular weight is 335 g/mol. The van der Waals surface area contributed by atoms with Crippen molar-refractivity contribution in [2.75, 3.05) is 5.73 Å². The maximum atomic E-state index is 6.62. The predicted molar refractivity (Wildman–Crippen MR) is 109 cm³/mol. The summed E-state index contributed by atoms with van der Waals surface area (Å²) in [5.74, 6) is 0. The molecule has 1 heteroatoms. The van der Waals surface area contributed by atoms with E-state index in [4.69, 9.17) is 5.73 Å². The summed E-state index contributed by atoms with van der Waals surface area (Å²) in [6.07, 6.45) is 9.16. The van der Waals surface area contributed by atoms with E-state index >= 15 is 0 Å². The first-order valence-electron chi connectivity index (χ1n) is 9.25. The molecule has 0 spiro atoms. The first kappa shape index (κ1) is 15.2. The Bertz CT molecular complexity index is 1040. The molecule has 1 nitrogen and oxygen atoms in total. The summed E-state index contributed by atoms with van der Waals surface area (Å²) in [5, 5.41) is 0. The molecule has 0 aliphatic heterocycles. The van der Waals surface area contributed by atoms with E-state index in [1.54, 1.807) is 0 Å². The Morgan fingerprint density at radius 2 is 1.50 bits per heavy atom. The van der Waals surface area contributed by atoms with Crippen molar-refractivity contribution in [2.24, 2.45) is 0 Å². The molecule has 3 aromatic carbocycles. The van der Waals surface area contributed by atoms with Crippen LogP contribution in [-0.2, 0) is 5.41 Å². The number of benzene rings is 3.